The number of carbonyl (C=O) groups is 1. The van der Waals surface area contributed by atoms with Crippen LogP contribution in [0.1, 0.15) is 15.9 Å². The van der Waals surface area contributed by atoms with E-state index in [4.69, 9.17) is 10.2 Å². The van der Waals surface area contributed by atoms with Gasteiger partial charge in [0.15, 0.2) is 0 Å². The molecular weight excluding hydrogens is 291 g/mol. The molecular formula is C9H7CaF5O3. The van der Waals surface area contributed by atoms with E-state index in [1.54, 1.807) is 0 Å². The van der Waals surface area contributed by atoms with Crippen LogP contribution < -0.4 is 0 Å². The van der Waals surface area contributed by atoms with Crippen molar-refractivity contribution in [2.45, 2.75) is 12.1 Å². The Hall–Kier alpha value is -0.600. The summed E-state index contributed by atoms with van der Waals surface area (Å²) in [6, 6.07) is 0.874. The second-order valence-corrected chi connectivity index (χ2v) is 3.11. The Morgan fingerprint density at radius 2 is 1.61 bits per heavy atom. The van der Waals surface area contributed by atoms with Gasteiger partial charge >= 0.3 is 55.8 Å². The van der Waals surface area contributed by atoms with Crippen LogP contribution in [0.4, 0.5) is 22.0 Å². The number of alkyl halides is 5. The van der Waals surface area contributed by atoms with Gasteiger partial charge in [-0.2, -0.15) is 22.0 Å². The monoisotopic (exact) mass is 298 g/mol. The first-order valence-corrected chi connectivity index (χ1v) is 4.08. The van der Waals surface area contributed by atoms with Crippen molar-refractivity contribution < 1.29 is 37.0 Å². The summed E-state index contributed by atoms with van der Waals surface area (Å²) in [5, 5.41) is 17.4. The second kappa shape index (κ2) is 5.58. The van der Waals surface area contributed by atoms with Gasteiger partial charge in [0.2, 0.25) is 0 Å². The van der Waals surface area contributed by atoms with Crippen LogP contribution >= 0.6 is 0 Å². The van der Waals surface area contributed by atoms with Crippen molar-refractivity contribution >= 4 is 43.7 Å². The summed E-state index contributed by atoms with van der Waals surface area (Å²) < 4.78 is 61.7. The molecule has 0 heterocycles. The number of carboxylic acids is 1. The minimum atomic E-state index is -5.83. The number of aromatic carboxylic acids is 1. The van der Waals surface area contributed by atoms with Gasteiger partial charge in [-0.05, 0) is 18.2 Å². The van der Waals surface area contributed by atoms with Gasteiger partial charge in [0, 0.05) is 5.56 Å². The molecule has 1 rings (SSSR count). The zero-order chi connectivity index (χ0) is 13.4. The van der Waals surface area contributed by atoms with Crippen molar-refractivity contribution in [1.29, 1.82) is 0 Å². The first-order valence-electron chi connectivity index (χ1n) is 4.08. The predicted octanol–water partition coefficient (Wildman–Crippen LogP) is 1.83. The molecule has 0 unspecified atom stereocenters. The summed E-state index contributed by atoms with van der Waals surface area (Å²) in [5.74, 6) is -7.87. The molecule has 9 heteroatoms. The molecule has 2 N–H and O–H groups in total. The molecule has 0 fully saturated rings. The van der Waals surface area contributed by atoms with Crippen LogP contribution in [0.15, 0.2) is 18.2 Å². The van der Waals surface area contributed by atoms with Gasteiger partial charge < -0.3 is 10.2 Å². The average molecular weight is 298 g/mol. The first-order chi connectivity index (χ1) is 7.57. The Morgan fingerprint density at radius 3 is 2.00 bits per heavy atom. The Balaban J connectivity index is 0.00000289. The van der Waals surface area contributed by atoms with Crippen molar-refractivity contribution in [3.63, 3.8) is 0 Å². The van der Waals surface area contributed by atoms with E-state index in [1.807, 2.05) is 0 Å². The molecule has 0 saturated heterocycles. The van der Waals surface area contributed by atoms with Crippen molar-refractivity contribution in [1.82, 2.24) is 0 Å². The number of hydrogen-bond donors (Lipinski definition) is 2. The molecule has 3 nitrogen and oxygen atoms in total. The Kier molecular flexibility index (Phi) is 5.39. The van der Waals surface area contributed by atoms with Gasteiger partial charge in [0.1, 0.15) is 11.3 Å². The van der Waals surface area contributed by atoms with Crippen LogP contribution in [0.25, 0.3) is 0 Å². The van der Waals surface area contributed by atoms with E-state index in [-0.39, 0.29) is 43.8 Å². The topological polar surface area (TPSA) is 57.5 Å². The number of benzene rings is 1. The molecule has 0 spiro atoms. The first kappa shape index (κ1) is 17.4. The number of rotatable bonds is 2. The van der Waals surface area contributed by atoms with Crippen LogP contribution in [-0.4, -0.2) is 60.1 Å². The van der Waals surface area contributed by atoms with E-state index in [2.05, 4.69) is 0 Å². The third-order valence-corrected chi connectivity index (χ3v) is 1.95. The molecule has 0 atom stereocenters. The number of halogens is 5. The molecule has 0 bridgehead atoms. The summed E-state index contributed by atoms with van der Waals surface area (Å²) in [7, 11) is 0. The fourth-order valence-corrected chi connectivity index (χ4v) is 1.07. The summed E-state index contributed by atoms with van der Waals surface area (Å²) in [6.45, 7) is 0. The Bertz CT molecular complexity index is 458. The van der Waals surface area contributed by atoms with Crippen LogP contribution in [0.5, 0.6) is 5.75 Å². The minimum absolute atomic E-state index is 0. The van der Waals surface area contributed by atoms with Crippen LogP contribution in [-0.2, 0) is 5.92 Å². The van der Waals surface area contributed by atoms with Gasteiger partial charge in [-0.15, -0.1) is 0 Å². The van der Waals surface area contributed by atoms with E-state index in [0.717, 1.165) is 0 Å². The third-order valence-electron chi connectivity index (χ3n) is 1.95. The summed E-state index contributed by atoms with van der Waals surface area (Å²) in [5.41, 5.74) is -2.56. The molecule has 98 valence electrons. The quantitative estimate of drug-likeness (QED) is 0.647. The fourth-order valence-electron chi connectivity index (χ4n) is 1.07. The fraction of sp³-hybridized carbons (Fsp3) is 0.222. The number of aromatic hydroxyl groups is 1. The standard InChI is InChI=1S/C9H5F5O3.Ca.2H/c10-8(11,9(12,13)14)4-1-2-6(15)5(3-4)7(16)17;;;/h1-3,15H,(H,16,17);;;. The Morgan fingerprint density at radius 1 is 1.11 bits per heavy atom. The maximum absolute atomic E-state index is 12.8. The van der Waals surface area contributed by atoms with Gasteiger partial charge in [-0.3, -0.25) is 0 Å². The van der Waals surface area contributed by atoms with Crippen molar-refractivity contribution in [3.05, 3.63) is 29.3 Å². The molecule has 18 heavy (non-hydrogen) atoms. The van der Waals surface area contributed by atoms with E-state index < -0.39 is 34.9 Å². The second-order valence-electron chi connectivity index (χ2n) is 3.11. The molecule has 0 radical (unpaired) electrons. The predicted molar refractivity (Wildman–Crippen MR) is 53.6 cm³/mol. The molecule has 0 amide bonds. The summed E-state index contributed by atoms with van der Waals surface area (Å²) in [4.78, 5) is 10.5. The normalized spacial score (nSPS) is 11.8. The zero-order valence-corrected chi connectivity index (χ0v) is 7.92. The number of hydrogen-bond acceptors (Lipinski definition) is 2. The van der Waals surface area contributed by atoms with E-state index >= 15 is 0 Å². The number of phenols is 1. The van der Waals surface area contributed by atoms with Gasteiger partial charge in [-0.1, -0.05) is 0 Å². The van der Waals surface area contributed by atoms with Crippen molar-refractivity contribution in [2.75, 3.05) is 0 Å². The third kappa shape index (κ3) is 3.24. The van der Waals surface area contributed by atoms with Crippen molar-refractivity contribution in [3.8, 4) is 5.75 Å². The van der Waals surface area contributed by atoms with Crippen LogP contribution in [0.2, 0.25) is 0 Å². The SMILES string of the molecule is O=C(O)c1cc(C(F)(F)C(F)(F)F)ccc1O.[CaH2]. The summed E-state index contributed by atoms with van der Waals surface area (Å²) in [6.07, 6.45) is -5.83. The molecule has 1 aromatic rings. The molecule has 0 aliphatic carbocycles. The molecule has 0 saturated carbocycles. The number of carboxylic acid groups (broad SMARTS) is 1. The van der Waals surface area contributed by atoms with Gasteiger partial charge in [-0.25, -0.2) is 4.79 Å². The van der Waals surface area contributed by atoms with E-state index in [1.165, 1.54) is 0 Å². The summed E-state index contributed by atoms with van der Waals surface area (Å²) >= 11 is 0. The molecule has 0 aliphatic heterocycles. The van der Waals surface area contributed by atoms with E-state index in [9.17, 15) is 26.7 Å². The Labute approximate surface area is 127 Å². The molecule has 0 aromatic heterocycles. The molecule has 0 aliphatic rings. The van der Waals surface area contributed by atoms with Gasteiger partial charge in [0.25, 0.3) is 0 Å². The maximum atomic E-state index is 12.8. The van der Waals surface area contributed by atoms with Crippen molar-refractivity contribution in [2.24, 2.45) is 0 Å². The average Bonchev–Trinajstić information content (AvgIpc) is 2.15. The van der Waals surface area contributed by atoms with E-state index in [0.29, 0.717) is 12.1 Å². The molecule has 1 aromatic carbocycles. The van der Waals surface area contributed by atoms with Crippen LogP contribution in [0.3, 0.4) is 0 Å². The van der Waals surface area contributed by atoms with Crippen LogP contribution in [0, 0.1) is 0 Å². The zero-order valence-electron chi connectivity index (χ0n) is 7.92. The van der Waals surface area contributed by atoms with Gasteiger partial charge in [0.05, 0.1) is 0 Å².